The molecule has 0 saturated heterocycles. The summed E-state index contributed by atoms with van der Waals surface area (Å²) in [6.45, 7) is 4.21. The highest BCUT2D eigenvalue weighted by Gasteiger charge is 2.16. The molecule has 1 unspecified atom stereocenters. The second-order valence-electron chi connectivity index (χ2n) is 3.79. The average molecular weight is 246 g/mol. The standard InChI is InChI=1S/C11H22N2O2S/c1-3-4-5-6-7-12-11(15)10(8-16)13-9(2)14/h10,16H,3-8H2,1-2H3,(H,12,15)(H,13,14). The number of amides is 2. The summed E-state index contributed by atoms with van der Waals surface area (Å²) in [7, 11) is 0. The molecule has 0 aliphatic heterocycles. The maximum Gasteiger partial charge on any atom is 0.243 e. The Morgan fingerprint density at radius 1 is 1.25 bits per heavy atom. The van der Waals surface area contributed by atoms with Crippen molar-refractivity contribution in [1.82, 2.24) is 10.6 Å². The van der Waals surface area contributed by atoms with E-state index in [0.717, 1.165) is 12.8 Å². The molecule has 4 nitrogen and oxygen atoms in total. The summed E-state index contributed by atoms with van der Waals surface area (Å²) >= 11 is 4.03. The van der Waals surface area contributed by atoms with E-state index in [4.69, 9.17) is 0 Å². The minimum absolute atomic E-state index is 0.151. The van der Waals surface area contributed by atoms with Crippen molar-refractivity contribution in [3.8, 4) is 0 Å². The van der Waals surface area contributed by atoms with Gasteiger partial charge in [-0.25, -0.2) is 0 Å². The van der Waals surface area contributed by atoms with Crippen LogP contribution in [-0.2, 0) is 9.59 Å². The molecule has 0 radical (unpaired) electrons. The van der Waals surface area contributed by atoms with E-state index in [1.165, 1.54) is 19.8 Å². The average Bonchev–Trinajstić information content (AvgIpc) is 2.25. The zero-order chi connectivity index (χ0) is 12.4. The van der Waals surface area contributed by atoms with Gasteiger partial charge in [0.25, 0.3) is 0 Å². The van der Waals surface area contributed by atoms with E-state index in [9.17, 15) is 9.59 Å². The number of carbonyl (C=O) groups is 2. The number of nitrogens with one attached hydrogen (secondary N) is 2. The molecule has 0 spiro atoms. The first-order valence-corrected chi connectivity index (χ1v) is 6.40. The summed E-state index contributed by atoms with van der Waals surface area (Å²) in [6.07, 6.45) is 4.48. The normalized spacial score (nSPS) is 11.9. The monoisotopic (exact) mass is 246 g/mol. The number of unbranched alkanes of at least 4 members (excludes halogenated alkanes) is 3. The molecule has 0 fully saturated rings. The third-order valence-corrected chi connectivity index (χ3v) is 2.57. The quantitative estimate of drug-likeness (QED) is 0.444. The van der Waals surface area contributed by atoms with Crippen molar-refractivity contribution in [3.63, 3.8) is 0 Å². The van der Waals surface area contributed by atoms with E-state index in [1.807, 2.05) is 0 Å². The zero-order valence-corrected chi connectivity index (χ0v) is 11.0. The Morgan fingerprint density at radius 2 is 1.94 bits per heavy atom. The molecule has 0 saturated carbocycles. The van der Waals surface area contributed by atoms with Gasteiger partial charge in [-0.15, -0.1) is 0 Å². The smallest absolute Gasteiger partial charge is 0.243 e. The molecule has 16 heavy (non-hydrogen) atoms. The van der Waals surface area contributed by atoms with E-state index < -0.39 is 6.04 Å². The Labute approximate surface area is 103 Å². The molecule has 0 rings (SSSR count). The second-order valence-corrected chi connectivity index (χ2v) is 4.15. The van der Waals surface area contributed by atoms with Crippen LogP contribution in [0.1, 0.15) is 39.5 Å². The van der Waals surface area contributed by atoms with Gasteiger partial charge < -0.3 is 10.6 Å². The number of rotatable bonds is 8. The largest absolute Gasteiger partial charge is 0.354 e. The lowest BCUT2D eigenvalue weighted by Gasteiger charge is -2.15. The number of thiol groups is 1. The van der Waals surface area contributed by atoms with Gasteiger partial charge in [-0.1, -0.05) is 26.2 Å². The molecule has 0 heterocycles. The molecule has 0 bridgehead atoms. The van der Waals surface area contributed by atoms with Crippen molar-refractivity contribution in [2.75, 3.05) is 12.3 Å². The van der Waals surface area contributed by atoms with Gasteiger partial charge in [-0.2, -0.15) is 12.6 Å². The maximum absolute atomic E-state index is 11.6. The predicted molar refractivity (Wildman–Crippen MR) is 68.6 cm³/mol. The Kier molecular flexibility index (Phi) is 9.09. The van der Waals surface area contributed by atoms with Gasteiger partial charge in [0.05, 0.1) is 0 Å². The van der Waals surface area contributed by atoms with Crippen LogP contribution in [0.5, 0.6) is 0 Å². The fourth-order valence-corrected chi connectivity index (χ4v) is 1.58. The first kappa shape index (κ1) is 15.3. The summed E-state index contributed by atoms with van der Waals surface area (Å²) in [5, 5.41) is 5.35. The molecule has 0 aliphatic carbocycles. The number of hydrogen-bond acceptors (Lipinski definition) is 3. The van der Waals surface area contributed by atoms with Gasteiger partial charge in [-0.3, -0.25) is 9.59 Å². The van der Waals surface area contributed by atoms with Crippen molar-refractivity contribution in [2.24, 2.45) is 0 Å². The van der Waals surface area contributed by atoms with Crippen molar-refractivity contribution in [3.05, 3.63) is 0 Å². The summed E-state index contributed by atoms with van der Waals surface area (Å²) < 4.78 is 0. The van der Waals surface area contributed by atoms with Gasteiger partial charge >= 0.3 is 0 Å². The minimum atomic E-state index is -0.521. The van der Waals surface area contributed by atoms with Gasteiger partial charge in [0.2, 0.25) is 11.8 Å². The number of carbonyl (C=O) groups excluding carboxylic acids is 2. The van der Waals surface area contributed by atoms with Gasteiger partial charge in [0, 0.05) is 19.2 Å². The minimum Gasteiger partial charge on any atom is -0.354 e. The van der Waals surface area contributed by atoms with Crippen LogP contribution in [0.3, 0.4) is 0 Å². The molecule has 0 aromatic rings. The van der Waals surface area contributed by atoms with Crippen LogP contribution in [-0.4, -0.2) is 30.2 Å². The molecule has 94 valence electrons. The summed E-state index contributed by atoms with van der Waals surface area (Å²) in [4.78, 5) is 22.4. The summed E-state index contributed by atoms with van der Waals surface area (Å²) in [5.74, 6) is -0.0396. The zero-order valence-electron chi connectivity index (χ0n) is 10.1. The van der Waals surface area contributed by atoms with Gasteiger partial charge in [0.1, 0.15) is 6.04 Å². The van der Waals surface area contributed by atoms with Crippen LogP contribution in [0.15, 0.2) is 0 Å². The SMILES string of the molecule is CCCCCCNC(=O)C(CS)NC(C)=O. The molecule has 0 aliphatic rings. The van der Waals surface area contributed by atoms with Crippen LogP contribution in [0.4, 0.5) is 0 Å². The van der Waals surface area contributed by atoms with Crippen LogP contribution >= 0.6 is 12.6 Å². The molecule has 0 aromatic carbocycles. The van der Waals surface area contributed by atoms with Crippen LogP contribution in [0.2, 0.25) is 0 Å². The third kappa shape index (κ3) is 7.56. The van der Waals surface area contributed by atoms with E-state index in [-0.39, 0.29) is 11.8 Å². The van der Waals surface area contributed by atoms with E-state index in [1.54, 1.807) is 0 Å². The highest BCUT2D eigenvalue weighted by atomic mass is 32.1. The first-order valence-electron chi connectivity index (χ1n) is 5.77. The summed E-state index contributed by atoms with van der Waals surface area (Å²) in [6, 6.07) is -0.521. The Bertz CT molecular complexity index is 222. The highest BCUT2D eigenvalue weighted by molar-refractivity contribution is 7.80. The fraction of sp³-hybridized carbons (Fsp3) is 0.818. The van der Waals surface area contributed by atoms with Crippen LogP contribution in [0.25, 0.3) is 0 Å². The van der Waals surface area contributed by atoms with Crippen molar-refractivity contribution in [2.45, 2.75) is 45.6 Å². The van der Waals surface area contributed by atoms with Crippen LogP contribution in [0, 0.1) is 0 Å². The first-order chi connectivity index (χ1) is 7.61. The van der Waals surface area contributed by atoms with E-state index in [0.29, 0.717) is 12.3 Å². The molecule has 2 amide bonds. The molecule has 5 heteroatoms. The van der Waals surface area contributed by atoms with E-state index in [2.05, 4.69) is 30.2 Å². The van der Waals surface area contributed by atoms with Gasteiger partial charge in [-0.05, 0) is 6.42 Å². The Balaban J connectivity index is 3.71. The van der Waals surface area contributed by atoms with Crippen molar-refractivity contribution in [1.29, 1.82) is 0 Å². The highest BCUT2D eigenvalue weighted by Crippen LogP contribution is 1.97. The van der Waals surface area contributed by atoms with Gasteiger partial charge in [0.15, 0.2) is 0 Å². The topological polar surface area (TPSA) is 58.2 Å². The molecule has 2 N–H and O–H groups in total. The Morgan fingerprint density at radius 3 is 2.44 bits per heavy atom. The molecule has 0 aromatic heterocycles. The van der Waals surface area contributed by atoms with Crippen molar-refractivity contribution >= 4 is 24.4 Å². The van der Waals surface area contributed by atoms with Crippen molar-refractivity contribution < 1.29 is 9.59 Å². The fourth-order valence-electron chi connectivity index (χ4n) is 1.33. The maximum atomic E-state index is 11.6. The Hall–Kier alpha value is -0.710. The third-order valence-electron chi connectivity index (χ3n) is 2.21. The lowest BCUT2D eigenvalue weighted by Crippen LogP contribution is -2.47. The number of hydrogen-bond donors (Lipinski definition) is 3. The molecule has 1 atom stereocenters. The second kappa shape index (κ2) is 9.51. The predicted octanol–water partition coefficient (Wildman–Crippen LogP) is 1.12. The molecular formula is C11H22N2O2S. The van der Waals surface area contributed by atoms with E-state index >= 15 is 0 Å². The summed E-state index contributed by atoms with van der Waals surface area (Å²) in [5.41, 5.74) is 0. The lowest BCUT2D eigenvalue weighted by molar-refractivity contribution is -0.127. The molecular weight excluding hydrogens is 224 g/mol. The lowest BCUT2D eigenvalue weighted by atomic mass is 10.2. The van der Waals surface area contributed by atoms with Crippen LogP contribution < -0.4 is 10.6 Å².